The summed E-state index contributed by atoms with van der Waals surface area (Å²) in [5, 5.41) is 0. The maximum atomic E-state index is 5.45. The van der Waals surface area contributed by atoms with Crippen LogP contribution in [0.2, 0.25) is 13.4 Å². The predicted octanol–water partition coefficient (Wildman–Crippen LogP) is 1.86. The molecule has 0 aromatic heterocycles. The van der Waals surface area contributed by atoms with E-state index >= 15 is 0 Å². The molecule has 0 aromatic carbocycles. The third-order valence-corrected chi connectivity index (χ3v) is 5.07. The molecule has 0 atom stereocenters. The van der Waals surface area contributed by atoms with Crippen molar-refractivity contribution < 1.29 is 2.69 Å². The van der Waals surface area contributed by atoms with Crippen LogP contribution < -0.4 is 0 Å². The summed E-state index contributed by atoms with van der Waals surface area (Å²) < 4.78 is 12.3. The summed E-state index contributed by atoms with van der Waals surface area (Å²) in [5.74, 6) is 0. The minimum absolute atomic E-state index is 0.908. The molecule has 0 bridgehead atoms. The van der Waals surface area contributed by atoms with Crippen molar-refractivity contribution in [1.82, 2.24) is 0 Å². The molecular formula is C5H14OPb. The fourth-order valence-corrected chi connectivity index (χ4v) is 3.80. The fourth-order valence-electron chi connectivity index (χ4n) is 0.433. The molecule has 0 fully saturated rings. The van der Waals surface area contributed by atoms with E-state index in [1.165, 1.54) is 0 Å². The van der Waals surface area contributed by atoms with Gasteiger partial charge in [0.1, 0.15) is 0 Å². The first-order valence-corrected chi connectivity index (χ1v) is 15.9. The molecule has 44 valence electrons. The van der Waals surface area contributed by atoms with E-state index in [-0.39, 0.29) is 0 Å². The average Bonchev–Trinajstić information content (AvgIpc) is 1.30. The Morgan fingerprint density at radius 3 is 1.71 bits per heavy atom. The van der Waals surface area contributed by atoms with Crippen LogP contribution >= 0.6 is 0 Å². The summed E-state index contributed by atoms with van der Waals surface area (Å²) in [4.78, 5) is 0. The van der Waals surface area contributed by atoms with E-state index in [1.807, 2.05) is 0 Å². The molecule has 1 nitrogen and oxygen atoms in total. The molecule has 0 N–H and O–H groups in total. The van der Waals surface area contributed by atoms with Gasteiger partial charge in [0, 0.05) is 0 Å². The van der Waals surface area contributed by atoms with Crippen LogP contribution in [0.25, 0.3) is 0 Å². The van der Waals surface area contributed by atoms with Gasteiger partial charge in [-0.1, -0.05) is 0 Å². The summed E-state index contributed by atoms with van der Waals surface area (Å²) in [6.45, 7) is 2.97. The van der Waals surface area contributed by atoms with Crippen LogP contribution in [0.4, 0.5) is 0 Å². The summed E-state index contributed by atoms with van der Waals surface area (Å²) in [5.41, 5.74) is 0. The Balaban J connectivity index is 3.15. The normalized spacial score (nSPS) is 12.0. The van der Waals surface area contributed by atoms with Gasteiger partial charge in [-0.15, -0.1) is 0 Å². The van der Waals surface area contributed by atoms with Crippen molar-refractivity contribution >= 4 is 21.6 Å². The fraction of sp³-hybridized carbons (Fsp3) is 1.00. The number of rotatable bonds is 2. The Hall–Kier alpha value is 0.882. The Bertz CT molecular complexity index is 46.5. The van der Waals surface area contributed by atoms with Gasteiger partial charge in [0.15, 0.2) is 0 Å². The van der Waals surface area contributed by atoms with Gasteiger partial charge < -0.3 is 0 Å². The second-order valence-corrected chi connectivity index (χ2v) is 20.1. The zero-order valence-electron chi connectivity index (χ0n) is 5.62. The first-order chi connectivity index (χ1) is 3.06. The zero-order chi connectivity index (χ0) is 5.91. The van der Waals surface area contributed by atoms with E-state index < -0.39 is 21.6 Å². The van der Waals surface area contributed by atoms with E-state index in [4.69, 9.17) is 2.69 Å². The van der Waals surface area contributed by atoms with Gasteiger partial charge in [-0.05, 0) is 0 Å². The van der Waals surface area contributed by atoms with Crippen LogP contribution in [0.1, 0.15) is 6.92 Å². The quantitative estimate of drug-likeness (QED) is 0.707. The standard InChI is InChI=1S/C2H5O.3CH3.Pb/c1-2-3;;;;/h2H2,1H3;3*1H3;/q-1;;;;+1. The van der Waals surface area contributed by atoms with Gasteiger partial charge in [-0.3, -0.25) is 0 Å². The topological polar surface area (TPSA) is 9.23 Å². The molecule has 0 aliphatic carbocycles. The second-order valence-electron chi connectivity index (χ2n) is 2.55. The monoisotopic (exact) mass is 298 g/mol. The van der Waals surface area contributed by atoms with Gasteiger partial charge in [0.05, 0.1) is 0 Å². The Morgan fingerprint density at radius 2 is 1.71 bits per heavy atom. The van der Waals surface area contributed by atoms with Crippen LogP contribution in [0.5, 0.6) is 0 Å². The van der Waals surface area contributed by atoms with Crippen molar-refractivity contribution in [2.45, 2.75) is 20.4 Å². The summed E-state index contributed by atoms with van der Waals surface area (Å²) in [6, 6.07) is 0. The number of hydrogen-bond donors (Lipinski definition) is 0. The molecule has 0 aromatic rings. The van der Waals surface area contributed by atoms with Crippen molar-refractivity contribution in [1.29, 1.82) is 0 Å². The van der Waals surface area contributed by atoms with Crippen LogP contribution in [0.3, 0.4) is 0 Å². The molecule has 0 heterocycles. The van der Waals surface area contributed by atoms with Crippen molar-refractivity contribution in [3.8, 4) is 0 Å². The molecule has 0 radical (unpaired) electrons. The molecule has 0 unspecified atom stereocenters. The van der Waals surface area contributed by atoms with Crippen LogP contribution in [-0.4, -0.2) is 28.2 Å². The second kappa shape index (κ2) is 3.02. The van der Waals surface area contributed by atoms with E-state index in [1.54, 1.807) is 0 Å². The van der Waals surface area contributed by atoms with E-state index in [2.05, 4.69) is 20.4 Å². The average molecular weight is 297 g/mol. The summed E-state index contributed by atoms with van der Waals surface area (Å²) >= 11 is -1.88. The van der Waals surface area contributed by atoms with Crippen LogP contribution in [0, 0.1) is 0 Å². The molecule has 0 saturated carbocycles. The third kappa shape index (κ3) is 6.88. The maximum absolute atomic E-state index is 5.45. The van der Waals surface area contributed by atoms with Crippen molar-refractivity contribution in [2.75, 3.05) is 6.61 Å². The molecule has 0 saturated heterocycles. The van der Waals surface area contributed by atoms with Crippen molar-refractivity contribution in [2.24, 2.45) is 0 Å². The Morgan fingerprint density at radius 1 is 1.29 bits per heavy atom. The predicted molar refractivity (Wildman–Crippen MR) is 35.0 cm³/mol. The first-order valence-electron chi connectivity index (χ1n) is 2.70. The van der Waals surface area contributed by atoms with Crippen molar-refractivity contribution in [3.63, 3.8) is 0 Å². The van der Waals surface area contributed by atoms with E-state index in [9.17, 15) is 0 Å². The minimum atomic E-state index is -1.88. The van der Waals surface area contributed by atoms with Crippen LogP contribution in [-0.2, 0) is 2.69 Å². The molecular weight excluding hydrogens is 283 g/mol. The Kier molecular flexibility index (Phi) is 3.40. The van der Waals surface area contributed by atoms with E-state index in [0.717, 1.165) is 6.61 Å². The summed E-state index contributed by atoms with van der Waals surface area (Å²) in [6.07, 6.45) is 0. The zero-order valence-corrected chi connectivity index (χ0v) is 9.50. The molecule has 0 rings (SSSR count). The molecule has 2 heteroatoms. The van der Waals surface area contributed by atoms with Gasteiger partial charge in [0.2, 0.25) is 0 Å². The molecule has 0 aliphatic rings. The van der Waals surface area contributed by atoms with E-state index in [0.29, 0.717) is 0 Å². The third-order valence-electron chi connectivity index (χ3n) is 0.577. The SMILES string of the molecule is CC[O][Pb]([CH3])([CH3])[CH3]. The number of hydrogen-bond acceptors (Lipinski definition) is 1. The molecule has 0 spiro atoms. The Labute approximate surface area is 51.4 Å². The van der Waals surface area contributed by atoms with Gasteiger partial charge in [-0.2, -0.15) is 0 Å². The van der Waals surface area contributed by atoms with Gasteiger partial charge in [0.25, 0.3) is 0 Å². The van der Waals surface area contributed by atoms with Gasteiger partial charge in [-0.25, -0.2) is 0 Å². The van der Waals surface area contributed by atoms with Gasteiger partial charge >= 0.3 is 51.3 Å². The molecule has 0 aliphatic heterocycles. The van der Waals surface area contributed by atoms with Crippen molar-refractivity contribution in [3.05, 3.63) is 0 Å². The summed E-state index contributed by atoms with van der Waals surface area (Å²) in [7, 11) is 0. The van der Waals surface area contributed by atoms with Crippen LogP contribution in [0.15, 0.2) is 0 Å². The first kappa shape index (κ1) is 7.88. The molecule has 7 heavy (non-hydrogen) atoms. The molecule has 0 amide bonds.